The number of alkyl carbamates (subject to hydrolysis) is 2. The normalized spacial score (nSPS) is 26.3. The predicted molar refractivity (Wildman–Crippen MR) is 230 cm³/mol. The molecule has 2 aromatic carbocycles. The number of carbonyl (C=O) groups excluding carboxylic acids is 4. The summed E-state index contributed by atoms with van der Waals surface area (Å²) in [5.41, 5.74) is 6.41. The van der Waals surface area contributed by atoms with Gasteiger partial charge < -0.3 is 49.3 Å². The van der Waals surface area contributed by atoms with E-state index >= 15 is 0 Å². The zero-order valence-electron chi connectivity index (χ0n) is 35.8. The molecule has 6 aliphatic rings. The van der Waals surface area contributed by atoms with Crippen molar-refractivity contribution in [3.05, 3.63) is 60.4 Å². The van der Waals surface area contributed by atoms with Gasteiger partial charge in [0, 0.05) is 38.5 Å². The van der Waals surface area contributed by atoms with Crippen LogP contribution in [0.4, 0.5) is 9.59 Å². The van der Waals surface area contributed by atoms with Crippen molar-refractivity contribution < 1.29 is 38.1 Å². The third-order valence-corrected chi connectivity index (χ3v) is 14.5. The van der Waals surface area contributed by atoms with Crippen molar-refractivity contribution in [2.75, 3.05) is 40.6 Å². The zero-order chi connectivity index (χ0) is 43.6. The number of aromatic amines is 2. The summed E-state index contributed by atoms with van der Waals surface area (Å²) in [6.45, 7) is 2.21. The molecule has 0 spiro atoms. The van der Waals surface area contributed by atoms with Gasteiger partial charge in [-0.3, -0.25) is 14.6 Å². The smallest absolute Gasteiger partial charge is 0.407 e. The molecule has 5 aromatic rings. The maximum atomic E-state index is 14.3. The van der Waals surface area contributed by atoms with Crippen LogP contribution in [0.5, 0.6) is 0 Å². The van der Waals surface area contributed by atoms with Crippen molar-refractivity contribution in [2.45, 2.75) is 87.6 Å². The molecule has 4 aliphatic heterocycles. The first kappa shape index (κ1) is 40.6. The lowest BCUT2D eigenvalue weighted by Gasteiger charge is -2.35. The number of rotatable bonds is 10. The fourth-order valence-electron chi connectivity index (χ4n) is 10.9. The number of H-pyrrole nitrogens is 2. The summed E-state index contributed by atoms with van der Waals surface area (Å²) >= 11 is 0. The summed E-state index contributed by atoms with van der Waals surface area (Å²) in [4.78, 5) is 83.8. The zero-order valence-corrected chi connectivity index (χ0v) is 35.8. The minimum Gasteiger partial charge on any atom is -0.453 e. The molecule has 0 radical (unpaired) electrons. The topological polar surface area (TPSA) is 219 Å². The maximum Gasteiger partial charge on any atom is 0.407 e. The Morgan fingerprint density at radius 2 is 1.22 bits per heavy atom. The summed E-state index contributed by atoms with van der Waals surface area (Å²) in [6, 6.07) is 10.5. The number of likely N-dealkylation sites (tertiary alicyclic amines) is 2. The molecular weight excluding hydrogens is 821 g/mol. The second-order valence-corrected chi connectivity index (χ2v) is 18.2. The number of aromatic nitrogens is 6. The van der Waals surface area contributed by atoms with Gasteiger partial charge in [0.2, 0.25) is 11.8 Å². The highest BCUT2D eigenvalue weighted by Crippen LogP contribution is 2.55. The molecule has 6 fully saturated rings. The molecule has 11 rings (SSSR count). The van der Waals surface area contributed by atoms with Crippen LogP contribution in [0.25, 0.3) is 44.6 Å². The molecule has 18 heteroatoms. The molecule has 64 heavy (non-hydrogen) atoms. The largest absolute Gasteiger partial charge is 0.453 e. The van der Waals surface area contributed by atoms with Crippen LogP contribution in [0.1, 0.15) is 75.1 Å². The lowest BCUT2D eigenvalue weighted by atomic mass is 9.90. The van der Waals surface area contributed by atoms with E-state index in [2.05, 4.69) is 26.7 Å². The SMILES string of the molecule is COC(=O)N[C@H](C(=O)N1C(c2ncc(-c3cnc4cc(-c5ccc6nc([C@@H]7C[C@H]8C[C@H]8N7C(=O)[C@@H](NC(=O)OC)C7CCOCC7)[nH]c6c5)ccc4n3)[nH]2)C[C@H]2C[C@H]21)C1CCOCC1. The van der Waals surface area contributed by atoms with Crippen LogP contribution < -0.4 is 10.6 Å². The van der Waals surface area contributed by atoms with E-state index in [1.165, 1.54) is 14.2 Å². The fraction of sp³-hybridized carbons (Fsp3) is 0.522. The molecule has 2 aliphatic carbocycles. The third kappa shape index (κ3) is 7.49. The van der Waals surface area contributed by atoms with E-state index in [0.717, 1.165) is 64.7 Å². The Morgan fingerprint density at radius 3 is 1.81 bits per heavy atom. The molecular formula is C46H52N10O8. The highest BCUT2D eigenvalue weighted by molar-refractivity contribution is 5.89. The number of piperidine rings is 2. The van der Waals surface area contributed by atoms with Crippen LogP contribution in [0, 0.1) is 23.7 Å². The van der Waals surface area contributed by atoms with Crippen LogP contribution in [-0.4, -0.2) is 129 Å². The molecule has 4 saturated heterocycles. The van der Waals surface area contributed by atoms with Crippen molar-refractivity contribution in [1.29, 1.82) is 0 Å². The van der Waals surface area contributed by atoms with Crippen LogP contribution in [0.3, 0.4) is 0 Å². The molecule has 334 valence electrons. The number of hydrogen-bond donors (Lipinski definition) is 4. The molecule has 2 saturated carbocycles. The first-order chi connectivity index (χ1) is 31.2. The summed E-state index contributed by atoms with van der Waals surface area (Å²) < 4.78 is 20.9. The van der Waals surface area contributed by atoms with Crippen LogP contribution in [-0.2, 0) is 28.5 Å². The Kier molecular flexibility index (Phi) is 10.4. The number of amides is 4. The van der Waals surface area contributed by atoms with Crippen molar-refractivity contribution >= 4 is 46.1 Å². The molecule has 4 amide bonds. The van der Waals surface area contributed by atoms with E-state index in [9.17, 15) is 19.2 Å². The average Bonchev–Trinajstić information content (AvgIpc) is 3.95. The maximum absolute atomic E-state index is 14.3. The van der Waals surface area contributed by atoms with Crippen LogP contribution in [0.15, 0.2) is 48.8 Å². The lowest BCUT2D eigenvalue weighted by Crippen LogP contribution is -2.54. The molecule has 7 heterocycles. The molecule has 8 atom stereocenters. The van der Waals surface area contributed by atoms with E-state index in [1.54, 1.807) is 12.4 Å². The minimum atomic E-state index is -0.701. The van der Waals surface area contributed by atoms with Crippen LogP contribution >= 0.6 is 0 Å². The summed E-state index contributed by atoms with van der Waals surface area (Å²) in [7, 11) is 2.63. The first-order valence-electron chi connectivity index (χ1n) is 22.6. The molecule has 4 N–H and O–H groups in total. The van der Waals surface area contributed by atoms with Crippen LogP contribution in [0.2, 0.25) is 0 Å². The Labute approximate surface area is 368 Å². The van der Waals surface area contributed by atoms with E-state index in [4.69, 9.17) is 38.9 Å². The number of ether oxygens (including phenoxy) is 4. The van der Waals surface area contributed by atoms with Crippen molar-refractivity contribution in [3.8, 4) is 22.5 Å². The Morgan fingerprint density at radius 1 is 0.656 bits per heavy atom. The number of nitrogens with zero attached hydrogens (tertiary/aromatic N) is 6. The standard InChI is InChI=1S/C46H52N10O8/c1-61-45(59)53-39(23-7-11-63-12-8-23)43(57)55-35-17-27(35)19-37(55)41-48-22-34(52-41)33-21-47-31-15-25(3-5-29(31)49-33)26-4-6-30-32(16-26)51-42(50-30)38-20-28-18-36(28)56(38)44(58)40(54-46(60)62-2)24-9-13-64-14-10-24/h3-6,15-16,21-24,27-28,35-40H,7-14,17-20H2,1-2H3,(H,48,52)(H,50,51)(H,53,59)(H,54,60)/t27-,28-,35-,36-,37?,38+,39+,40+/m1/s1. The summed E-state index contributed by atoms with van der Waals surface area (Å²) in [5, 5.41) is 5.70. The second-order valence-electron chi connectivity index (χ2n) is 18.2. The molecule has 1 unspecified atom stereocenters. The molecule has 18 nitrogen and oxygen atoms in total. The Bertz CT molecular complexity index is 2620. The monoisotopic (exact) mass is 872 g/mol. The van der Waals surface area contributed by atoms with Gasteiger partial charge in [-0.05, 0) is 110 Å². The third-order valence-electron chi connectivity index (χ3n) is 14.5. The van der Waals surface area contributed by atoms with Gasteiger partial charge in [0.1, 0.15) is 29.4 Å². The number of imidazole rings is 2. The minimum absolute atomic E-state index is 0.0357. The highest BCUT2D eigenvalue weighted by atomic mass is 16.5. The number of hydrogen-bond acceptors (Lipinski definition) is 12. The van der Waals surface area contributed by atoms with E-state index < -0.39 is 24.3 Å². The van der Waals surface area contributed by atoms with Crippen molar-refractivity contribution in [1.82, 2.24) is 50.3 Å². The van der Waals surface area contributed by atoms with Gasteiger partial charge in [0.15, 0.2) is 0 Å². The van der Waals surface area contributed by atoms with Gasteiger partial charge >= 0.3 is 12.2 Å². The lowest BCUT2D eigenvalue weighted by molar-refractivity contribution is -0.138. The van der Waals surface area contributed by atoms with Crippen molar-refractivity contribution in [3.63, 3.8) is 0 Å². The van der Waals surface area contributed by atoms with Gasteiger partial charge in [-0.1, -0.05) is 12.1 Å². The first-order valence-corrected chi connectivity index (χ1v) is 22.6. The molecule has 3 aromatic heterocycles. The number of carbonyl (C=O) groups is 4. The summed E-state index contributed by atoms with van der Waals surface area (Å²) in [5.74, 6) is 1.98. The van der Waals surface area contributed by atoms with E-state index in [1.807, 2.05) is 40.1 Å². The number of methoxy groups -OCH3 is 2. The van der Waals surface area contributed by atoms with Gasteiger partial charge in [0.25, 0.3) is 0 Å². The predicted octanol–water partition coefficient (Wildman–Crippen LogP) is 5.19. The van der Waals surface area contributed by atoms with E-state index in [0.29, 0.717) is 81.2 Å². The Balaban J connectivity index is 0.804. The average molecular weight is 873 g/mol. The second kappa shape index (κ2) is 16.4. The van der Waals surface area contributed by atoms with Crippen molar-refractivity contribution in [2.24, 2.45) is 23.7 Å². The van der Waals surface area contributed by atoms with Gasteiger partial charge in [-0.15, -0.1) is 0 Å². The fourth-order valence-corrected chi connectivity index (χ4v) is 10.9. The highest BCUT2D eigenvalue weighted by Gasteiger charge is 2.58. The van der Waals surface area contributed by atoms with Gasteiger partial charge in [-0.25, -0.2) is 24.5 Å². The quantitative estimate of drug-likeness (QED) is 0.143. The number of nitrogens with one attached hydrogen (secondary N) is 4. The number of fused-ring (bicyclic) bond motifs is 4. The number of benzene rings is 2. The molecule has 0 bridgehead atoms. The van der Waals surface area contributed by atoms with Gasteiger partial charge in [-0.2, -0.15) is 0 Å². The summed E-state index contributed by atoms with van der Waals surface area (Å²) in [6.07, 6.45) is 8.53. The Hall–Kier alpha value is -6.14. The van der Waals surface area contributed by atoms with E-state index in [-0.39, 0.29) is 47.8 Å². The van der Waals surface area contributed by atoms with Gasteiger partial charge in [0.05, 0.1) is 66.5 Å².